The second-order valence-electron chi connectivity index (χ2n) is 7.34. The van der Waals surface area contributed by atoms with E-state index in [0.29, 0.717) is 10.5 Å². The Kier molecular flexibility index (Phi) is 5.53. The molecule has 0 unspecified atom stereocenters. The quantitative estimate of drug-likeness (QED) is 0.540. The molecule has 29 heavy (non-hydrogen) atoms. The summed E-state index contributed by atoms with van der Waals surface area (Å²) in [5.41, 5.74) is 3.59. The molecular formula is C23H22N2O3S. The first-order valence-corrected chi connectivity index (χ1v) is 10.5. The lowest BCUT2D eigenvalue weighted by Gasteiger charge is -2.17. The molecule has 2 heterocycles. The lowest BCUT2D eigenvalue weighted by molar-refractivity contribution is -0.122. The number of thioether (sulfide) groups is 1. The van der Waals surface area contributed by atoms with E-state index < -0.39 is 11.1 Å². The normalized spacial score (nSPS) is 18.2. The van der Waals surface area contributed by atoms with Crippen molar-refractivity contribution in [3.8, 4) is 0 Å². The summed E-state index contributed by atoms with van der Waals surface area (Å²) in [5, 5.41) is -0.407. The van der Waals surface area contributed by atoms with Crippen molar-refractivity contribution in [1.29, 1.82) is 0 Å². The van der Waals surface area contributed by atoms with Gasteiger partial charge in [-0.15, -0.1) is 0 Å². The molecule has 4 rings (SSSR count). The van der Waals surface area contributed by atoms with Crippen LogP contribution in [0.2, 0.25) is 0 Å². The standard InChI is InChI=1S/C23H22N2O3S/c1-16-4-8-18(9-5-16)20(26)15-25-22(27)21(29-23(25)28)14-17-6-10-19(11-7-17)24-12-2-3-13-24/h4-11,14H,2-3,12-13,15H2,1H3/b21-14-. The zero-order valence-corrected chi connectivity index (χ0v) is 17.1. The molecule has 0 spiro atoms. The third-order valence-electron chi connectivity index (χ3n) is 5.21. The van der Waals surface area contributed by atoms with Gasteiger partial charge >= 0.3 is 0 Å². The van der Waals surface area contributed by atoms with Gasteiger partial charge in [-0.2, -0.15) is 0 Å². The Labute approximate surface area is 174 Å². The van der Waals surface area contributed by atoms with Crippen LogP contribution in [0.1, 0.15) is 34.3 Å². The molecule has 0 bridgehead atoms. The summed E-state index contributed by atoms with van der Waals surface area (Å²) in [4.78, 5) is 41.1. The highest BCUT2D eigenvalue weighted by Crippen LogP contribution is 2.32. The van der Waals surface area contributed by atoms with Crippen molar-refractivity contribution in [2.45, 2.75) is 19.8 Å². The van der Waals surface area contributed by atoms with Gasteiger partial charge in [0, 0.05) is 24.3 Å². The topological polar surface area (TPSA) is 57.7 Å². The number of carbonyl (C=O) groups is 3. The summed E-state index contributed by atoms with van der Waals surface area (Å²) >= 11 is 0.882. The molecule has 2 saturated heterocycles. The van der Waals surface area contributed by atoms with Crippen LogP contribution >= 0.6 is 11.8 Å². The second-order valence-corrected chi connectivity index (χ2v) is 8.34. The fourth-order valence-electron chi connectivity index (χ4n) is 3.52. The molecule has 0 aromatic heterocycles. The monoisotopic (exact) mass is 406 g/mol. The van der Waals surface area contributed by atoms with Crippen LogP contribution in [0.25, 0.3) is 6.08 Å². The van der Waals surface area contributed by atoms with Gasteiger partial charge in [0.1, 0.15) is 0 Å². The molecule has 6 heteroatoms. The molecule has 0 radical (unpaired) electrons. The molecule has 2 aliphatic heterocycles. The summed E-state index contributed by atoms with van der Waals surface area (Å²) < 4.78 is 0. The molecular weight excluding hydrogens is 384 g/mol. The van der Waals surface area contributed by atoms with E-state index in [9.17, 15) is 14.4 Å². The zero-order valence-electron chi connectivity index (χ0n) is 16.3. The Bertz CT molecular complexity index is 974. The summed E-state index contributed by atoms with van der Waals surface area (Å²) in [5.74, 6) is -0.660. The number of hydrogen-bond donors (Lipinski definition) is 0. The first-order chi connectivity index (χ1) is 14.0. The maximum absolute atomic E-state index is 12.7. The number of ketones is 1. The molecule has 0 saturated carbocycles. The first kappa shape index (κ1) is 19.5. The van der Waals surface area contributed by atoms with E-state index >= 15 is 0 Å². The summed E-state index contributed by atoms with van der Waals surface area (Å²) in [6.07, 6.45) is 4.15. The number of anilines is 1. The number of aryl methyl sites for hydroxylation is 1. The van der Waals surface area contributed by atoms with Crippen molar-refractivity contribution >= 4 is 40.5 Å². The number of rotatable bonds is 5. The van der Waals surface area contributed by atoms with Crippen LogP contribution in [0.15, 0.2) is 53.4 Å². The predicted octanol–water partition coefficient (Wildman–Crippen LogP) is 4.51. The molecule has 0 atom stereocenters. The molecule has 5 nitrogen and oxygen atoms in total. The molecule has 0 aliphatic carbocycles. The van der Waals surface area contributed by atoms with Gasteiger partial charge in [0.2, 0.25) is 0 Å². The number of amides is 2. The summed E-state index contributed by atoms with van der Waals surface area (Å²) in [6, 6.07) is 15.1. The van der Waals surface area contributed by atoms with Gasteiger partial charge in [0.15, 0.2) is 5.78 Å². The minimum atomic E-state index is -0.413. The highest BCUT2D eigenvalue weighted by molar-refractivity contribution is 8.18. The van der Waals surface area contributed by atoms with E-state index in [-0.39, 0.29) is 12.3 Å². The minimum Gasteiger partial charge on any atom is -0.372 e. The number of hydrogen-bond acceptors (Lipinski definition) is 5. The SMILES string of the molecule is Cc1ccc(C(=O)CN2C(=O)S/C(=C\c3ccc(N4CCCC4)cc3)C2=O)cc1. The van der Waals surface area contributed by atoms with E-state index in [1.807, 2.05) is 43.3 Å². The molecule has 2 aliphatic rings. The van der Waals surface area contributed by atoms with Crippen LogP contribution in [0.3, 0.4) is 0 Å². The maximum atomic E-state index is 12.7. The van der Waals surface area contributed by atoms with Gasteiger partial charge in [-0.25, -0.2) is 0 Å². The third kappa shape index (κ3) is 4.27. The highest BCUT2D eigenvalue weighted by atomic mass is 32.2. The Balaban J connectivity index is 1.45. The third-order valence-corrected chi connectivity index (χ3v) is 6.12. The first-order valence-electron chi connectivity index (χ1n) is 9.71. The summed E-state index contributed by atoms with van der Waals surface area (Å²) in [7, 11) is 0. The van der Waals surface area contributed by atoms with Crippen molar-refractivity contribution in [3.63, 3.8) is 0 Å². The predicted molar refractivity (Wildman–Crippen MR) is 116 cm³/mol. The average Bonchev–Trinajstić information content (AvgIpc) is 3.34. The fraction of sp³-hybridized carbons (Fsp3) is 0.261. The molecule has 2 fully saturated rings. The van der Waals surface area contributed by atoms with Crippen molar-refractivity contribution in [2.75, 3.05) is 24.5 Å². The smallest absolute Gasteiger partial charge is 0.293 e. The fourth-order valence-corrected chi connectivity index (χ4v) is 4.36. The van der Waals surface area contributed by atoms with Crippen LogP contribution in [0.4, 0.5) is 10.5 Å². The Morgan fingerprint density at radius 1 is 1.00 bits per heavy atom. The maximum Gasteiger partial charge on any atom is 0.293 e. The number of nitrogens with zero attached hydrogens (tertiary/aromatic N) is 2. The Hall–Kier alpha value is -2.86. The minimum absolute atomic E-state index is 0.237. The van der Waals surface area contributed by atoms with Gasteiger partial charge in [-0.1, -0.05) is 42.0 Å². The number of imide groups is 1. The lowest BCUT2D eigenvalue weighted by Crippen LogP contribution is -2.33. The van der Waals surface area contributed by atoms with E-state index in [1.165, 1.54) is 18.5 Å². The van der Waals surface area contributed by atoms with Gasteiger partial charge in [0.05, 0.1) is 11.4 Å². The molecule has 2 aromatic carbocycles. The summed E-state index contributed by atoms with van der Waals surface area (Å²) in [6.45, 7) is 3.85. The largest absolute Gasteiger partial charge is 0.372 e. The average molecular weight is 407 g/mol. The van der Waals surface area contributed by atoms with Crippen LogP contribution < -0.4 is 4.90 Å². The van der Waals surface area contributed by atoms with Gasteiger partial charge < -0.3 is 4.90 Å². The van der Waals surface area contributed by atoms with Crippen LogP contribution in [0.5, 0.6) is 0 Å². The van der Waals surface area contributed by atoms with E-state index in [2.05, 4.69) is 4.90 Å². The Morgan fingerprint density at radius 2 is 1.66 bits per heavy atom. The number of benzene rings is 2. The van der Waals surface area contributed by atoms with E-state index in [1.54, 1.807) is 18.2 Å². The van der Waals surface area contributed by atoms with Gasteiger partial charge in [-0.3, -0.25) is 19.3 Å². The Morgan fingerprint density at radius 3 is 2.31 bits per heavy atom. The van der Waals surface area contributed by atoms with Crippen LogP contribution in [0, 0.1) is 6.92 Å². The number of Topliss-reactive ketones (excluding diaryl/α,β-unsaturated/α-hetero) is 1. The van der Waals surface area contributed by atoms with E-state index in [0.717, 1.165) is 40.9 Å². The highest BCUT2D eigenvalue weighted by Gasteiger charge is 2.36. The molecule has 0 N–H and O–H groups in total. The number of carbonyl (C=O) groups excluding carboxylic acids is 3. The van der Waals surface area contributed by atoms with Crippen molar-refractivity contribution in [3.05, 3.63) is 70.1 Å². The molecule has 148 valence electrons. The van der Waals surface area contributed by atoms with Crippen LogP contribution in [-0.4, -0.2) is 41.5 Å². The molecule has 2 aromatic rings. The lowest BCUT2D eigenvalue weighted by atomic mass is 10.1. The molecule has 2 amide bonds. The second kappa shape index (κ2) is 8.25. The van der Waals surface area contributed by atoms with Crippen molar-refractivity contribution < 1.29 is 14.4 Å². The van der Waals surface area contributed by atoms with Crippen molar-refractivity contribution in [2.24, 2.45) is 0 Å². The zero-order chi connectivity index (χ0) is 20.4. The van der Waals surface area contributed by atoms with Crippen LogP contribution in [-0.2, 0) is 4.79 Å². The van der Waals surface area contributed by atoms with Crippen molar-refractivity contribution in [1.82, 2.24) is 4.90 Å². The van der Waals surface area contributed by atoms with Gasteiger partial charge in [0.25, 0.3) is 11.1 Å². The van der Waals surface area contributed by atoms with Gasteiger partial charge in [-0.05, 0) is 55.3 Å². The van der Waals surface area contributed by atoms with E-state index in [4.69, 9.17) is 0 Å².